The lowest BCUT2D eigenvalue weighted by atomic mass is 9.85. The van der Waals surface area contributed by atoms with Crippen LogP contribution >= 0.6 is 15.9 Å². The van der Waals surface area contributed by atoms with E-state index in [0.717, 1.165) is 15.6 Å². The highest BCUT2D eigenvalue weighted by Crippen LogP contribution is 2.36. The zero-order valence-electron chi connectivity index (χ0n) is 8.48. The lowest BCUT2D eigenvalue weighted by molar-refractivity contribution is 0.443. The van der Waals surface area contributed by atoms with Crippen LogP contribution in [0, 0.1) is 6.92 Å². The first-order valence-electron chi connectivity index (χ1n) is 4.32. The van der Waals surface area contributed by atoms with Gasteiger partial charge >= 0.3 is 0 Å². The number of phenols is 1. The van der Waals surface area contributed by atoms with E-state index in [9.17, 15) is 5.11 Å². The van der Waals surface area contributed by atoms with E-state index in [1.807, 2.05) is 19.1 Å². The van der Waals surface area contributed by atoms with Gasteiger partial charge in [0.2, 0.25) is 0 Å². The average Bonchev–Trinajstić information content (AvgIpc) is 1.94. The fourth-order valence-electron chi connectivity index (χ4n) is 1.31. The SMILES string of the molecule is Cc1cc(Br)c(O)c(C(C)(C)C)c1. The normalized spacial score (nSPS) is 11.8. The van der Waals surface area contributed by atoms with E-state index in [-0.39, 0.29) is 5.41 Å². The topological polar surface area (TPSA) is 20.2 Å². The Morgan fingerprint density at radius 2 is 1.77 bits per heavy atom. The second kappa shape index (κ2) is 3.33. The molecule has 13 heavy (non-hydrogen) atoms. The van der Waals surface area contributed by atoms with Crippen molar-refractivity contribution in [3.8, 4) is 5.75 Å². The van der Waals surface area contributed by atoms with E-state index < -0.39 is 0 Å². The second-order valence-electron chi connectivity index (χ2n) is 4.39. The van der Waals surface area contributed by atoms with Crippen LogP contribution in [0.4, 0.5) is 0 Å². The van der Waals surface area contributed by atoms with E-state index >= 15 is 0 Å². The molecule has 1 aromatic rings. The van der Waals surface area contributed by atoms with Crippen LogP contribution in [-0.2, 0) is 5.41 Å². The Bertz CT molecular complexity index is 324. The van der Waals surface area contributed by atoms with Crippen molar-refractivity contribution < 1.29 is 5.11 Å². The Labute approximate surface area is 87.9 Å². The minimum Gasteiger partial charge on any atom is -0.506 e. The van der Waals surface area contributed by atoms with E-state index in [1.165, 1.54) is 0 Å². The molecule has 0 atom stereocenters. The summed E-state index contributed by atoms with van der Waals surface area (Å²) in [6.45, 7) is 8.30. The molecule has 0 radical (unpaired) electrons. The molecule has 1 rings (SSSR count). The third-order valence-electron chi connectivity index (χ3n) is 2.02. The van der Waals surface area contributed by atoms with Gasteiger partial charge in [0.25, 0.3) is 0 Å². The molecule has 2 heteroatoms. The minimum absolute atomic E-state index is 0.0153. The van der Waals surface area contributed by atoms with Gasteiger partial charge in [0.05, 0.1) is 4.47 Å². The molecule has 0 bridgehead atoms. The molecular weight excluding hydrogens is 228 g/mol. The molecule has 72 valence electrons. The number of halogens is 1. The Kier molecular flexibility index (Phi) is 2.71. The van der Waals surface area contributed by atoms with Gasteiger partial charge in [-0.25, -0.2) is 0 Å². The standard InChI is InChI=1S/C11H15BrO/c1-7-5-8(11(2,3)4)10(13)9(12)6-7/h5-6,13H,1-4H3. The van der Waals surface area contributed by atoms with Crippen LogP contribution in [0.3, 0.4) is 0 Å². The summed E-state index contributed by atoms with van der Waals surface area (Å²) in [6, 6.07) is 3.95. The maximum atomic E-state index is 9.81. The second-order valence-corrected chi connectivity index (χ2v) is 5.25. The van der Waals surface area contributed by atoms with Gasteiger partial charge in [0, 0.05) is 5.56 Å². The highest BCUT2D eigenvalue weighted by molar-refractivity contribution is 9.10. The zero-order valence-corrected chi connectivity index (χ0v) is 10.1. The number of aromatic hydroxyl groups is 1. The van der Waals surface area contributed by atoms with Gasteiger partial charge in [-0.3, -0.25) is 0 Å². The molecule has 0 amide bonds. The summed E-state index contributed by atoms with van der Waals surface area (Å²) in [6.07, 6.45) is 0. The molecule has 1 aromatic carbocycles. The molecule has 0 unspecified atom stereocenters. The molecule has 0 saturated heterocycles. The van der Waals surface area contributed by atoms with Crippen molar-refractivity contribution in [2.24, 2.45) is 0 Å². The molecule has 0 saturated carbocycles. The Morgan fingerprint density at radius 3 is 2.23 bits per heavy atom. The summed E-state index contributed by atoms with van der Waals surface area (Å²) in [4.78, 5) is 0. The van der Waals surface area contributed by atoms with Crippen molar-refractivity contribution in [3.05, 3.63) is 27.7 Å². The number of aryl methyl sites for hydroxylation is 1. The number of hydrogen-bond donors (Lipinski definition) is 1. The number of benzene rings is 1. The van der Waals surface area contributed by atoms with Crippen molar-refractivity contribution in [1.82, 2.24) is 0 Å². The Hall–Kier alpha value is -0.500. The molecule has 0 heterocycles. The van der Waals surface area contributed by atoms with Gasteiger partial charge in [0.1, 0.15) is 5.75 Å². The van der Waals surface area contributed by atoms with E-state index in [4.69, 9.17) is 0 Å². The van der Waals surface area contributed by atoms with Gasteiger partial charge in [-0.15, -0.1) is 0 Å². The molecule has 0 aliphatic rings. The number of rotatable bonds is 0. The van der Waals surface area contributed by atoms with Gasteiger partial charge in [-0.1, -0.05) is 26.8 Å². The molecule has 0 fully saturated rings. The van der Waals surface area contributed by atoms with Crippen molar-refractivity contribution in [1.29, 1.82) is 0 Å². The lowest BCUT2D eigenvalue weighted by Crippen LogP contribution is -2.11. The van der Waals surface area contributed by atoms with Crippen molar-refractivity contribution in [2.45, 2.75) is 33.1 Å². The van der Waals surface area contributed by atoms with E-state index in [2.05, 4.69) is 36.7 Å². The van der Waals surface area contributed by atoms with Crippen LogP contribution in [0.2, 0.25) is 0 Å². The van der Waals surface area contributed by atoms with Crippen molar-refractivity contribution >= 4 is 15.9 Å². The summed E-state index contributed by atoms with van der Waals surface area (Å²) in [5, 5.41) is 9.81. The fraction of sp³-hybridized carbons (Fsp3) is 0.455. The maximum absolute atomic E-state index is 9.81. The monoisotopic (exact) mass is 242 g/mol. The minimum atomic E-state index is -0.0153. The van der Waals surface area contributed by atoms with Gasteiger partial charge in [-0.05, 0) is 39.9 Å². The van der Waals surface area contributed by atoms with Crippen LogP contribution in [0.15, 0.2) is 16.6 Å². The van der Waals surface area contributed by atoms with E-state index in [1.54, 1.807) is 0 Å². The molecule has 0 spiro atoms. The highest BCUT2D eigenvalue weighted by atomic mass is 79.9. The predicted molar refractivity (Wildman–Crippen MR) is 59.2 cm³/mol. The van der Waals surface area contributed by atoms with Crippen molar-refractivity contribution in [3.63, 3.8) is 0 Å². The first-order chi connectivity index (χ1) is 5.82. The molecule has 0 aliphatic heterocycles. The summed E-state index contributed by atoms with van der Waals surface area (Å²) >= 11 is 3.34. The summed E-state index contributed by atoms with van der Waals surface area (Å²) in [5.74, 6) is 0.359. The molecule has 1 N–H and O–H groups in total. The average molecular weight is 243 g/mol. The van der Waals surface area contributed by atoms with Gasteiger partial charge in [-0.2, -0.15) is 0 Å². The predicted octanol–water partition coefficient (Wildman–Crippen LogP) is 3.76. The van der Waals surface area contributed by atoms with Crippen LogP contribution in [0.5, 0.6) is 5.75 Å². The third-order valence-corrected chi connectivity index (χ3v) is 2.62. The Morgan fingerprint density at radius 1 is 1.23 bits per heavy atom. The van der Waals surface area contributed by atoms with Crippen LogP contribution in [-0.4, -0.2) is 5.11 Å². The molecule has 1 nitrogen and oxygen atoms in total. The van der Waals surface area contributed by atoms with Crippen LogP contribution in [0.25, 0.3) is 0 Å². The summed E-state index contributed by atoms with van der Waals surface area (Å²) in [5.41, 5.74) is 2.13. The first-order valence-corrected chi connectivity index (χ1v) is 5.11. The molecule has 0 aliphatic carbocycles. The number of hydrogen-bond acceptors (Lipinski definition) is 1. The smallest absolute Gasteiger partial charge is 0.133 e. The largest absolute Gasteiger partial charge is 0.506 e. The van der Waals surface area contributed by atoms with Gasteiger partial charge in [0.15, 0.2) is 0 Å². The maximum Gasteiger partial charge on any atom is 0.133 e. The quantitative estimate of drug-likeness (QED) is 0.735. The highest BCUT2D eigenvalue weighted by Gasteiger charge is 2.19. The fourth-order valence-corrected chi connectivity index (χ4v) is 1.88. The van der Waals surface area contributed by atoms with Gasteiger partial charge < -0.3 is 5.11 Å². The first kappa shape index (κ1) is 10.6. The van der Waals surface area contributed by atoms with Crippen molar-refractivity contribution in [2.75, 3.05) is 0 Å². The van der Waals surface area contributed by atoms with Crippen LogP contribution in [0.1, 0.15) is 31.9 Å². The third kappa shape index (κ3) is 2.25. The number of phenolic OH excluding ortho intramolecular Hbond substituents is 1. The summed E-state index contributed by atoms with van der Waals surface area (Å²) < 4.78 is 0.775. The Balaban J connectivity index is 3.37. The summed E-state index contributed by atoms with van der Waals surface area (Å²) in [7, 11) is 0. The molecular formula is C11H15BrO. The van der Waals surface area contributed by atoms with Crippen LogP contribution < -0.4 is 0 Å². The lowest BCUT2D eigenvalue weighted by Gasteiger charge is -2.21. The molecule has 0 aromatic heterocycles. The van der Waals surface area contributed by atoms with E-state index in [0.29, 0.717) is 5.75 Å². The zero-order chi connectivity index (χ0) is 10.2.